The Balaban J connectivity index is 2.11. The van der Waals surface area contributed by atoms with E-state index < -0.39 is 0 Å². The fraction of sp³-hybridized carbons (Fsp3) is 0.350. The molecule has 0 aliphatic rings. The number of hydrogen-bond donors (Lipinski definition) is 2. The van der Waals surface area contributed by atoms with Crippen LogP contribution in [0.3, 0.4) is 0 Å². The largest absolute Gasteiger partial charge is 0.495 e. The second-order valence-corrected chi connectivity index (χ2v) is 7.04. The van der Waals surface area contributed by atoms with Gasteiger partial charge >= 0.3 is 0 Å². The van der Waals surface area contributed by atoms with Crippen LogP contribution < -0.4 is 25.3 Å². The van der Waals surface area contributed by atoms with Crippen LogP contribution in [0.5, 0.6) is 17.2 Å². The molecule has 0 atom stereocenters. The highest BCUT2D eigenvalue weighted by molar-refractivity contribution is 6.32. The lowest BCUT2D eigenvalue weighted by molar-refractivity contribution is 0.353. The van der Waals surface area contributed by atoms with E-state index in [1.54, 1.807) is 33.5 Å². The van der Waals surface area contributed by atoms with Gasteiger partial charge in [-0.1, -0.05) is 31.5 Å². The van der Waals surface area contributed by atoms with Crippen LogP contribution in [0.1, 0.15) is 19.4 Å². The van der Waals surface area contributed by atoms with Gasteiger partial charge in [0.15, 0.2) is 17.5 Å². The standard InChI is InChI=1S/C20H26ClN3O3/c1-20(2,13-6-8-17(26-4)18(10-13)27-5)12-23-19(22)24-14-7-9-16(25-3)15(21)11-14/h6-11H,12H2,1-5H3,(H3,22,23,24). The molecule has 6 nitrogen and oxygen atoms in total. The van der Waals surface area contributed by atoms with Crippen molar-refractivity contribution < 1.29 is 14.2 Å². The maximum atomic E-state index is 6.13. The molecule has 2 aromatic carbocycles. The van der Waals surface area contributed by atoms with Gasteiger partial charge in [-0.2, -0.15) is 0 Å². The summed E-state index contributed by atoms with van der Waals surface area (Å²) in [7, 11) is 4.81. The van der Waals surface area contributed by atoms with Crippen LogP contribution in [0.15, 0.2) is 41.4 Å². The van der Waals surface area contributed by atoms with Crippen molar-refractivity contribution in [2.75, 3.05) is 33.2 Å². The van der Waals surface area contributed by atoms with Crippen LogP contribution in [-0.2, 0) is 5.41 Å². The van der Waals surface area contributed by atoms with Crippen LogP contribution in [0, 0.1) is 0 Å². The molecular formula is C20H26ClN3O3. The maximum Gasteiger partial charge on any atom is 0.193 e. The first kappa shape index (κ1) is 20.7. The van der Waals surface area contributed by atoms with Gasteiger partial charge in [-0.15, -0.1) is 0 Å². The highest BCUT2D eigenvalue weighted by Crippen LogP contribution is 2.33. The van der Waals surface area contributed by atoms with E-state index in [0.29, 0.717) is 34.8 Å². The summed E-state index contributed by atoms with van der Waals surface area (Å²) in [4.78, 5) is 4.47. The molecule has 2 rings (SSSR count). The van der Waals surface area contributed by atoms with Crippen molar-refractivity contribution in [2.24, 2.45) is 10.7 Å². The van der Waals surface area contributed by atoms with Crippen molar-refractivity contribution >= 4 is 23.2 Å². The lowest BCUT2D eigenvalue weighted by Crippen LogP contribution is -2.27. The Kier molecular flexibility index (Phi) is 6.80. The first-order chi connectivity index (χ1) is 12.8. The van der Waals surface area contributed by atoms with E-state index in [0.717, 1.165) is 11.3 Å². The predicted octanol–water partition coefficient (Wildman–Crippen LogP) is 4.07. The van der Waals surface area contributed by atoms with Crippen LogP contribution in [0.4, 0.5) is 5.69 Å². The van der Waals surface area contributed by atoms with Gasteiger partial charge in [0, 0.05) is 11.1 Å². The summed E-state index contributed by atoms with van der Waals surface area (Å²) >= 11 is 6.13. The van der Waals surface area contributed by atoms with Crippen molar-refractivity contribution in [1.29, 1.82) is 0 Å². The summed E-state index contributed by atoms with van der Waals surface area (Å²) in [5.74, 6) is 2.29. The Bertz CT molecular complexity index is 822. The molecular weight excluding hydrogens is 366 g/mol. The van der Waals surface area contributed by atoms with Crippen LogP contribution >= 0.6 is 11.6 Å². The lowest BCUT2D eigenvalue weighted by atomic mass is 9.84. The number of nitrogens with zero attached hydrogens (tertiary/aromatic N) is 1. The molecule has 0 spiro atoms. The Morgan fingerprint density at radius 1 is 1.00 bits per heavy atom. The van der Waals surface area contributed by atoms with Gasteiger partial charge in [-0.25, -0.2) is 0 Å². The zero-order valence-corrected chi connectivity index (χ0v) is 17.1. The summed E-state index contributed by atoms with van der Waals surface area (Å²) in [6.45, 7) is 4.68. The lowest BCUT2D eigenvalue weighted by Gasteiger charge is -2.24. The number of halogens is 1. The zero-order chi connectivity index (χ0) is 20.0. The molecule has 0 aromatic heterocycles. The molecule has 3 N–H and O–H groups in total. The molecule has 27 heavy (non-hydrogen) atoms. The monoisotopic (exact) mass is 391 g/mol. The molecule has 146 valence electrons. The number of nitrogens with two attached hydrogens (primary N) is 1. The van der Waals surface area contributed by atoms with Crippen molar-refractivity contribution in [2.45, 2.75) is 19.3 Å². The Hall–Kier alpha value is -2.60. The minimum absolute atomic E-state index is 0.247. The summed E-state index contributed by atoms with van der Waals surface area (Å²) in [6.07, 6.45) is 0. The Morgan fingerprint density at radius 3 is 2.22 bits per heavy atom. The minimum Gasteiger partial charge on any atom is -0.495 e. The van der Waals surface area contributed by atoms with Gasteiger partial charge in [-0.3, -0.25) is 4.99 Å². The maximum absolute atomic E-state index is 6.13. The fourth-order valence-electron chi connectivity index (χ4n) is 2.56. The topological polar surface area (TPSA) is 78.1 Å². The van der Waals surface area contributed by atoms with E-state index in [4.69, 9.17) is 31.5 Å². The van der Waals surface area contributed by atoms with Gasteiger partial charge in [-0.05, 0) is 35.9 Å². The van der Waals surface area contributed by atoms with E-state index in [-0.39, 0.29) is 5.41 Å². The molecule has 0 amide bonds. The number of methoxy groups -OCH3 is 3. The third kappa shape index (κ3) is 5.20. The first-order valence-corrected chi connectivity index (χ1v) is 8.81. The second kappa shape index (κ2) is 8.86. The molecule has 0 aliphatic carbocycles. The van der Waals surface area contributed by atoms with Gasteiger partial charge in [0.05, 0.1) is 32.9 Å². The fourth-order valence-corrected chi connectivity index (χ4v) is 2.82. The Morgan fingerprint density at radius 2 is 1.63 bits per heavy atom. The number of rotatable bonds is 7. The molecule has 0 saturated carbocycles. The van der Waals surface area contributed by atoms with Gasteiger partial charge in [0.1, 0.15) is 5.75 Å². The molecule has 0 fully saturated rings. The summed E-state index contributed by atoms with van der Waals surface area (Å²) < 4.78 is 15.8. The van der Waals surface area contributed by atoms with Gasteiger partial charge in [0.2, 0.25) is 0 Å². The molecule has 0 radical (unpaired) electrons. The average molecular weight is 392 g/mol. The number of anilines is 1. The SMILES string of the molecule is COc1ccc(NC(N)=NCC(C)(C)c2ccc(OC)c(OC)c2)cc1Cl. The second-order valence-electron chi connectivity index (χ2n) is 6.63. The minimum atomic E-state index is -0.247. The third-order valence-corrected chi connectivity index (χ3v) is 4.53. The summed E-state index contributed by atoms with van der Waals surface area (Å²) in [5.41, 5.74) is 7.60. The van der Waals surface area contributed by atoms with E-state index in [1.165, 1.54) is 0 Å². The molecule has 0 bridgehead atoms. The van der Waals surface area contributed by atoms with E-state index >= 15 is 0 Å². The molecule has 7 heteroatoms. The number of guanidine groups is 1. The summed E-state index contributed by atoms with van der Waals surface area (Å²) in [5, 5.41) is 3.54. The van der Waals surface area contributed by atoms with Crippen LogP contribution in [0.25, 0.3) is 0 Å². The van der Waals surface area contributed by atoms with E-state index in [2.05, 4.69) is 24.2 Å². The predicted molar refractivity (Wildman–Crippen MR) is 111 cm³/mol. The molecule has 0 heterocycles. The molecule has 0 saturated heterocycles. The Labute approximate surface area is 165 Å². The summed E-state index contributed by atoms with van der Waals surface area (Å²) in [6, 6.07) is 11.2. The molecule has 2 aromatic rings. The smallest absolute Gasteiger partial charge is 0.193 e. The highest BCUT2D eigenvalue weighted by Gasteiger charge is 2.22. The van der Waals surface area contributed by atoms with Crippen molar-refractivity contribution in [1.82, 2.24) is 0 Å². The van der Waals surface area contributed by atoms with Crippen LogP contribution in [0.2, 0.25) is 5.02 Å². The third-order valence-electron chi connectivity index (χ3n) is 4.23. The molecule has 0 aliphatic heterocycles. The highest BCUT2D eigenvalue weighted by atomic mass is 35.5. The number of benzene rings is 2. The van der Waals surface area contributed by atoms with Gasteiger partial charge in [0.25, 0.3) is 0 Å². The van der Waals surface area contributed by atoms with E-state index in [1.807, 2.05) is 24.3 Å². The van der Waals surface area contributed by atoms with Crippen LogP contribution in [-0.4, -0.2) is 33.8 Å². The number of ether oxygens (including phenoxy) is 3. The number of aliphatic imine (C=N–C) groups is 1. The first-order valence-electron chi connectivity index (χ1n) is 8.43. The van der Waals surface area contributed by atoms with Crippen molar-refractivity contribution in [3.8, 4) is 17.2 Å². The van der Waals surface area contributed by atoms with Gasteiger partial charge < -0.3 is 25.3 Å². The van der Waals surface area contributed by atoms with Crippen molar-refractivity contribution in [3.05, 3.63) is 47.0 Å². The average Bonchev–Trinajstić information content (AvgIpc) is 2.66. The number of nitrogens with one attached hydrogen (secondary N) is 1. The quantitative estimate of drug-likeness (QED) is 0.549. The molecule has 0 unspecified atom stereocenters. The number of hydrogen-bond acceptors (Lipinski definition) is 4. The van der Waals surface area contributed by atoms with E-state index in [9.17, 15) is 0 Å². The normalized spacial score (nSPS) is 11.9. The van der Waals surface area contributed by atoms with Crippen molar-refractivity contribution in [3.63, 3.8) is 0 Å². The zero-order valence-electron chi connectivity index (χ0n) is 16.3.